The summed E-state index contributed by atoms with van der Waals surface area (Å²) in [6.45, 7) is 5.24. The molecule has 0 fully saturated rings. The molecule has 208 valence electrons. The van der Waals surface area contributed by atoms with Gasteiger partial charge in [0, 0.05) is 60.4 Å². The number of likely N-dealkylation sites (N-methyl/N-ethyl adjacent to an activating group) is 1. The van der Waals surface area contributed by atoms with E-state index in [0.29, 0.717) is 34.9 Å². The molecule has 6 aromatic rings. The average molecular weight is 551 g/mol. The Labute approximate surface area is 236 Å². The number of fused-ring (bicyclic) bond motifs is 2. The molecule has 6 rings (SSSR count). The summed E-state index contributed by atoms with van der Waals surface area (Å²) in [5, 5.41) is 15.1. The van der Waals surface area contributed by atoms with Crippen LogP contribution < -0.4 is 10.6 Å². The van der Waals surface area contributed by atoms with E-state index < -0.39 is 0 Å². The molecule has 10 nitrogen and oxygen atoms in total. The number of nitrogens with one attached hydrogen (secondary N) is 4. The summed E-state index contributed by atoms with van der Waals surface area (Å²) in [5.74, 6) is 0.241. The van der Waals surface area contributed by atoms with Gasteiger partial charge in [-0.05, 0) is 68.2 Å². The third kappa shape index (κ3) is 5.63. The summed E-state index contributed by atoms with van der Waals surface area (Å²) in [5.41, 5.74) is 7.70. The fraction of sp³-hybridized carbons (Fsp3) is 0.233. The number of H-pyrrole nitrogens is 2. The van der Waals surface area contributed by atoms with Crippen LogP contribution in [-0.4, -0.2) is 73.7 Å². The summed E-state index contributed by atoms with van der Waals surface area (Å²) >= 11 is 0. The minimum absolute atomic E-state index is 0.318. The lowest BCUT2D eigenvalue weighted by atomic mass is 10.0. The van der Waals surface area contributed by atoms with Crippen molar-refractivity contribution in [1.82, 2.24) is 45.3 Å². The molecule has 0 saturated heterocycles. The van der Waals surface area contributed by atoms with Gasteiger partial charge in [0.1, 0.15) is 11.5 Å². The molecule has 0 atom stereocenters. The maximum atomic E-state index is 14.6. The molecule has 11 heteroatoms. The van der Waals surface area contributed by atoms with Crippen molar-refractivity contribution in [3.8, 4) is 33.9 Å². The molecule has 1 aromatic carbocycles. The lowest BCUT2D eigenvalue weighted by Crippen LogP contribution is -2.20. The number of aromatic amines is 2. The number of hydrogen-bond acceptors (Lipinski definition) is 8. The minimum Gasteiger partial charge on any atom is -0.384 e. The zero-order chi connectivity index (χ0) is 28.3. The number of benzene rings is 1. The molecule has 5 heterocycles. The van der Waals surface area contributed by atoms with E-state index in [9.17, 15) is 4.39 Å². The highest BCUT2D eigenvalue weighted by Gasteiger charge is 2.17. The smallest absolute Gasteiger partial charge is 0.178 e. The minimum atomic E-state index is -0.318. The Morgan fingerprint density at radius 3 is 2.76 bits per heavy atom. The average Bonchev–Trinajstić information content (AvgIpc) is 3.59. The van der Waals surface area contributed by atoms with Gasteiger partial charge in [-0.25, -0.2) is 14.4 Å². The van der Waals surface area contributed by atoms with Crippen molar-refractivity contribution < 1.29 is 4.39 Å². The van der Waals surface area contributed by atoms with Gasteiger partial charge < -0.3 is 20.5 Å². The first-order valence-electron chi connectivity index (χ1n) is 13.5. The number of aromatic nitrogens is 7. The Balaban J connectivity index is 1.37. The zero-order valence-electron chi connectivity index (χ0n) is 23.2. The first-order valence-corrected chi connectivity index (χ1v) is 13.5. The Kier molecular flexibility index (Phi) is 7.36. The van der Waals surface area contributed by atoms with Gasteiger partial charge in [-0.15, -0.1) is 0 Å². The second kappa shape index (κ2) is 11.4. The van der Waals surface area contributed by atoms with Gasteiger partial charge in [-0.2, -0.15) is 5.10 Å². The molecule has 0 aliphatic heterocycles. The van der Waals surface area contributed by atoms with Crippen molar-refractivity contribution in [3.05, 3.63) is 72.6 Å². The van der Waals surface area contributed by atoms with Crippen LogP contribution in [0.25, 0.3) is 56.0 Å². The monoisotopic (exact) mass is 550 g/mol. The number of hydrogen-bond donors (Lipinski definition) is 4. The van der Waals surface area contributed by atoms with E-state index in [0.717, 1.165) is 58.5 Å². The number of halogens is 1. The highest BCUT2D eigenvalue weighted by atomic mass is 19.1. The molecule has 4 N–H and O–H groups in total. The standard InChI is InChI=1S/C30H31FN10/c1-4-32-14-18-9-20(16-33-15-18)25-13-24-26(17-36-25)39-40-28(24)30-37-27-23(5-6-35-29(27)38-30)19-10-21(31)12-22(11-19)34-7-8-41(2)3/h5-6,9-13,15-17,32,34H,4,7-8,14H2,1-3H3,(H,39,40)(H,35,37,38). The van der Waals surface area contributed by atoms with E-state index in [1.165, 1.54) is 12.1 Å². The van der Waals surface area contributed by atoms with Gasteiger partial charge >= 0.3 is 0 Å². The third-order valence-corrected chi connectivity index (χ3v) is 6.83. The van der Waals surface area contributed by atoms with Gasteiger partial charge in [-0.3, -0.25) is 15.1 Å². The summed E-state index contributed by atoms with van der Waals surface area (Å²) in [6.07, 6.45) is 7.12. The molecule has 5 aromatic heterocycles. The van der Waals surface area contributed by atoms with Crippen LogP contribution in [0.4, 0.5) is 10.1 Å². The second-order valence-corrected chi connectivity index (χ2v) is 10.2. The number of imidazole rings is 1. The second-order valence-electron chi connectivity index (χ2n) is 10.2. The Morgan fingerprint density at radius 1 is 1.00 bits per heavy atom. The van der Waals surface area contributed by atoms with Crippen LogP contribution in [0.1, 0.15) is 12.5 Å². The predicted octanol–water partition coefficient (Wildman–Crippen LogP) is 4.85. The highest BCUT2D eigenvalue weighted by molar-refractivity contribution is 5.97. The van der Waals surface area contributed by atoms with Crippen molar-refractivity contribution in [2.75, 3.05) is 39.0 Å². The molecule has 0 saturated carbocycles. The Bertz CT molecular complexity index is 1820. The van der Waals surface area contributed by atoms with Crippen molar-refractivity contribution in [2.24, 2.45) is 0 Å². The molecule has 41 heavy (non-hydrogen) atoms. The van der Waals surface area contributed by atoms with Crippen LogP contribution in [-0.2, 0) is 6.54 Å². The molecule has 0 amide bonds. The van der Waals surface area contributed by atoms with E-state index in [1.807, 2.05) is 44.7 Å². The normalized spacial score (nSPS) is 11.6. The van der Waals surface area contributed by atoms with E-state index in [-0.39, 0.29) is 5.82 Å². The van der Waals surface area contributed by atoms with Gasteiger partial charge in [0.25, 0.3) is 0 Å². The van der Waals surface area contributed by atoms with Crippen LogP contribution in [0, 0.1) is 5.82 Å². The summed E-state index contributed by atoms with van der Waals surface area (Å²) in [7, 11) is 4.01. The predicted molar refractivity (Wildman–Crippen MR) is 160 cm³/mol. The van der Waals surface area contributed by atoms with Crippen LogP contribution >= 0.6 is 0 Å². The van der Waals surface area contributed by atoms with Crippen LogP contribution in [0.15, 0.2) is 61.2 Å². The molecular formula is C30H31FN10. The Morgan fingerprint density at radius 2 is 1.90 bits per heavy atom. The molecule has 0 aliphatic rings. The first-order chi connectivity index (χ1) is 20.0. The number of anilines is 1. The van der Waals surface area contributed by atoms with E-state index in [4.69, 9.17) is 4.98 Å². The Hall–Kier alpha value is -4.74. The summed E-state index contributed by atoms with van der Waals surface area (Å²) in [6, 6.07) is 10.9. The van der Waals surface area contributed by atoms with Gasteiger partial charge in [-0.1, -0.05) is 6.92 Å². The SMILES string of the molecule is CCNCc1cncc(-c2cc3c(-c4nc5nccc(-c6cc(F)cc(NCCN(C)C)c6)c5[nH]4)n[nH]c3cn2)c1. The van der Waals surface area contributed by atoms with Crippen molar-refractivity contribution in [1.29, 1.82) is 0 Å². The maximum absolute atomic E-state index is 14.6. The molecular weight excluding hydrogens is 519 g/mol. The first kappa shape index (κ1) is 26.5. The van der Waals surface area contributed by atoms with Crippen LogP contribution in [0.5, 0.6) is 0 Å². The molecule has 0 spiro atoms. The quantitative estimate of drug-likeness (QED) is 0.191. The fourth-order valence-corrected chi connectivity index (χ4v) is 4.78. The molecule has 0 bridgehead atoms. The van der Waals surface area contributed by atoms with Crippen LogP contribution in [0.2, 0.25) is 0 Å². The van der Waals surface area contributed by atoms with Crippen molar-refractivity contribution in [2.45, 2.75) is 13.5 Å². The summed E-state index contributed by atoms with van der Waals surface area (Å²) < 4.78 is 14.6. The molecule has 0 aliphatic carbocycles. The van der Waals surface area contributed by atoms with Crippen LogP contribution in [0.3, 0.4) is 0 Å². The lowest BCUT2D eigenvalue weighted by molar-refractivity contribution is 0.425. The largest absolute Gasteiger partial charge is 0.384 e. The number of pyridine rings is 3. The van der Waals surface area contributed by atoms with E-state index in [2.05, 4.69) is 58.7 Å². The number of rotatable bonds is 10. The maximum Gasteiger partial charge on any atom is 0.178 e. The number of nitrogens with zero attached hydrogens (tertiary/aromatic N) is 6. The molecule has 0 radical (unpaired) electrons. The van der Waals surface area contributed by atoms with Gasteiger partial charge in [0.15, 0.2) is 11.5 Å². The zero-order valence-corrected chi connectivity index (χ0v) is 23.2. The van der Waals surface area contributed by atoms with Gasteiger partial charge in [0.2, 0.25) is 0 Å². The lowest BCUT2D eigenvalue weighted by Gasteiger charge is -2.13. The van der Waals surface area contributed by atoms with Gasteiger partial charge in [0.05, 0.1) is 22.9 Å². The topological polar surface area (TPSA) is 123 Å². The van der Waals surface area contributed by atoms with E-state index >= 15 is 0 Å². The summed E-state index contributed by atoms with van der Waals surface area (Å²) in [4.78, 5) is 23.7. The highest BCUT2D eigenvalue weighted by Crippen LogP contribution is 2.33. The van der Waals surface area contributed by atoms with Crippen molar-refractivity contribution >= 4 is 27.8 Å². The molecule has 0 unspecified atom stereocenters. The van der Waals surface area contributed by atoms with Crippen molar-refractivity contribution in [3.63, 3.8) is 0 Å². The fourth-order valence-electron chi connectivity index (χ4n) is 4.78. The van der Waals surface area contributed by atoms with E-state index in [1.54, 1.807) is 12.4 Å². The third-order valence-electron chi connectivity index (χ3n) is 6.83.